The molecule has 0 bridgehead atoms. The standard InChI is InChI=1S/C18H15N3O/c19-10-9-14-12-21(17-8-4-3-6-15(14)17)18(22)16-7-2-1-5-13(16)11-20/h1-8,12H,9-10,19H2. The molecule has 1 aromatic heterocycles. The average molecular weight is 289 g/mol. The first-order valence-electron chi connectivity index (χ1n) is 7.09. The van der Waals surface area contributed by atoms with Gasteiger partial charge in [-0.1, -0.05) is 30.3 Å². The van der Waals surface area contributed by atoms with E-state index in [1.165, 1.54) is 0 Å². The van der Waals surface area contributed by atoms with Crippen molar-refractivity contribution in [1.82, 2.24) is 4.57 Å². The van der Waals surface area contributed by atoms with Gasteiger partial charge < -0.3 is 5.73 Å². The number of hydrogen-bond acceptors (Lipinski definition) is 3. The van der Waals surface area contributed by atoms with Gasteiger partial charge in [0.25, 0.3) is 5.91 Å². The van der Waals surface area contributed by atoms with Crippen LogP contribution in [-0.2, 0) is 6.42 Å². The second-order valence-electron chi connectivity index (χ2n) is 5.04. The van der Waals surface area contributed by atoms with Crippen molar-refractivity contribution in [3.8, 4) is 6.07 Å². The highest BCUT2D eigenvalue weighted by Crippen LogP contribution is 2.23. The molecule has 0 saturated carbocycles. The molecule has 0 amide bonds. The third-order valence-electron chi connectivity index (χ3n) is 3.70. The number of nitrogens with zero attached hydrogens (tertiary/aromatic N) is 2. The number of nitrogens with two attached hydrogens (primary N) is 1. The summed E-state index contributed by atoms with van der Waals surface area (Å²) < 4.78 is 1.61. The van der Waals surface area contributed by atoms with Crippen molar-refractivity contribution in [2.45, 2.75) is 6.42 Å². The van der Waals surface area contributed by atoms with Crippen LogP contribution in [0.25, 0.3) is 10.9 Å². The third-order valence-corrected chi connectivity index (χ3v) is 3.70. The van der Waals surface area contributed by atoms with Crippen molar-refractivity contribution in [2.75, 3.05) is 6.54 Å². The number of para-hydroxylation sites is 1. The number of rotatable bonds is 3. The van der Waals surface area contributed by atoms with Gasteiger partial charge in [0.2, 0.25) is 0 Å². The van der Waals surface area contributed by atoms with E-state index >= 15 is 0 Å². The number of benzene rings is 2. The van der Waals surface area contributed by atoms with Crippen LogP contribution in [0.5, 0.6) is 0 Å². The van der Waals surface area contributed by atoms with E-state index < -0.39 is 0 Å². The zero-order valence-corrected chi connectivity index (χ0v) is 12.0. The molecule has 3 rings (SSSR count). The van der Waals surface area contributed by atoms with Crippen molar-refractivity contribution in [2.24, 2.45) is 5.73 Å². The van der Waals surface area contributed by atoms with E-state index in [1.807, 2.05) is 30.5 Å². The Hall–Kier alpha value is -2.90. The van der Waals surface area contributed by atoms with Gasteiger partial charge in [0.15, 0.2) is 0 Å². The molecule has 0 aliphatic rings. The van der Waals surface area contributed by atoms with Crippen molar-refractivity contribution in [3.63, 3.8) is 0 Å². The number of carbonyl (C=O) groups excluding carboxylic acids is 1. The summed E-state index contributed by atoms with van der Waals surface area (Å²) in [4.78, 5) is 12.8. The molecule has 0 aliphatic carbocycles. The van der Waals surface area contributed by atoms with E-state index in [2.05, 4.69) is 6.07 Å². The third kappa shape index (κ3) is 2.28. The lowest BCUT2D eigenvalue weighted by molar-refractivity contribution is 0.0964. The number of carbonyl (C=O) groups is 1. The Bertz CT molecular complexity index is 887. The zero-order chi connectivity index (χ0) is 15.5. The minimum Gasteiger partial charge on any atom is -0.330 e. The molecule has 1 heterocycles. The summed E-state index contributed by atoms with van der Waals surface area (Å²) in [5.74, 6) is -0.198. The van der Waals surface area contributed by atoms with Crippen LogP contribution in [0.3, 0.4) is 0 Å². The monoisotopic (exact) mass is 289 g/mol. The lowest BCUT2D eigenvalue weighted by atomic mass is 10.1. The van der Waals surface area contributed by atoms with Gasteiger partial charge in [0.05, 0.1) is 22.7 Å². The molecule has 3 aromatic rings. The number of aromatic nitrogens is 1. The maximum absolute atomic E-state index is 12.8. The summed E-state index contributed by atoms with van der Waals surface area (Å²) in [5.41, 5.74) is 8.32. The molecule has 0 fully saturated rings. The second-order valence-corrected chi connectivity index (χ2v) is 5.04. The molecule has 0 spiro atoms. The quantitative estimate of drug-likeness (QED) is 0.805. The minimum atomic E-state index is -0.198. The maximum atomic E-state index is 12.8. The number of nitriles is 1. The molecule has 22 heavy (non-hydrogen) atoms. The van der Waals surface area contributed by atoms with Crippen LogP contribution in [0.2, 0.25) is 0 Å². The van der Waals surface area contributed by atoms with Gasteiger partial charge in [0, 0.05) is 11.6 Å². The number of hydrogen-bond donors (Lipinski definition) is 1. The van der Waals surface area contributed by atoms with Gasteiger partial charge in [-0.3, -0.25) is 9.36 Å². The molecule has 4 nitrogen and oxygen atoms in total. The molecule has 0 aliphatic heterocycles. The summed E-state index contributed by atoms with van der Waals surface area (Å²) >= 11 is 0. The van der Waals surface area contributed by atoms with Crippen LogP contribution in [0.15, 0.2) is 54.7 Å². The molecule has 2 aromatic carbocycles. The predicted molar refractivity (Wildman–Crippen MR) is 85.6 cm³/mol. The molecule has 108 valence electrons. The Labute approximate surface area is 128 Å². The Morgan fingerprint density at radius 2 is 1.86 bits per heavy atom. The van der Waals surface area contributed by atoms with E-state index in [1.54, 1.807) is 28.8 Å². The molecule has 0 saturated heterocycles. The van der Waals surface area contributed by atoms with Gasteiger partial charge >= 0.3 is 0 Å². The predicted octanol–water partition coefficient (Wildman–Crippen LogP) is 2.70. The minimum absolute atomic E-state index is 0.198. The van der Waals surface area contributed by atoms with Crippen molar-refractivity contribution in [1.29, 1.82) is 5.26 Å². The van der Waals surface area contributed by atoms with Crippen LogP contribution in [0.1, 0.15) is 21.5 Å². The Kier molecular flexibility index (Phi) is 3.73. The highest BCUT2D eigenvalue weighted by molar-refractivity contribution is 6.04. The van der Waals surface area contributed by atoms with E-state index in [0.717, 1.165) is 16.5 Å². The van der Waals surface area contributed by atoms with Crippen LogP contribution < -0.4 is 5.73 Å². The molecular formula is C18H15N3O. The number of fused-ring (bicyclic) bond motifs is 1. The molecule has 2 N–H and O–H groups in total. The SMILES string of the molecule is N#Cc1ccccc1C(=O)n1cc(CCN)c2ccccc21. The van der Waals surface area contributed by atoms with Crippen LogP contribution in [0, 0.1) is 11.3 Å². The summed E-state index contributed by atoms with van der Waals surface area (Å²) in [6, 6.07) is 16.7. The second kappa shape index (κ2) is 5.84. The zero-order valence-electron chi connectivity index (χ0n) is 12.0. The van der Waals surface area contributed by atoms with Gasteiger partial charge in [-0.25, -0.2) is 0 Å². The van der Waals surface area contributed by atoms with Gasteiger partial charge in [-0.05, 0) is 36.7 Å². The summed E-state index contributed by atoms with van der Waals surface area (Å²) in [7, 11) is 0. The molecular weight excluding hydrogens is 274 g/mol. The highest BCUT2D eigenvalue weighted by atomic mass is 16.2. The van der Waals surface area contributed by atoms with Gasteiger partial charge in [-0.2, -0.15) is 5.26 Å². The average Bonchev–Trinajstić information content (AvgIpc) is 2.93. The largest absolute Gasteiger partial charge is 0.330 e. The summed E-state index contributed by atoms with van der Waals surface area (Å²) in [5, 5.41) is 10.2. The van der Waals surface area contributed by atoms with Crippen molar-refractivity contribution >= 4 is 16.8 Å². The van der Waals surface area contributed by atoms with Gasteiger partial charge in [-0.15, -0.1) is 0 Å². The van der Waals surface area contributed by atoms with Crippen LogP contribution in [-0.4, -0.2) is 17.0 Å². The lowest BCUT2D eigenvalue weighted by Gasteiger charge is -2.05. The smallest absolute Gasteiger partial charge is 0.263 e. The Morgan fingerprint density at radius 1 is 1.14 bits per heavy atom. The molecule has 0 unspecified atom stereocenters. The van der Waals surface area contributed by atoms with E-state index in [0.29, 0.717) is 24.1 Å². The van der Waals surface area contributed by atoms with E-state index in [9.17, 15) is 10.1 Å². The van der Waals surface area contributed by atoms with E-state index in [-0.39, 0.29) is 5.91 Å². The maximum Gasteiger partial charge on any atom is 0.263 e. The fourth-order valence-electron chi connectivity index (χ4n) is 2.67. The molecule has 0 radical (unpaired) electrons. The van der Waals surface area contributed by atoms with Crippen LogP contribution >= 0.6 is 0 Å². The summed E-state index contributed by atoms with van der Waals surface area (Å²) in [6.45, 7) is 0.525. The first kappa shape index (κ1) is 14.1. The Balaban J connectivity index is 2.18. The van der Waals surface area contributed by atoms with Gasteiger partial charge in [0.1, 0.15) is 0 Å². The molecule has 0 atom stereocenters. The van der Waals surface area contributed by atoms with Crippen LogP contribution in [0.4, 0.5) is 0 Å². The normalized spacial score (nSPS) is 10.5. The fraction of sp³-hybridized carbons (Fsp3) is 0.111. The fourth-order valence-corrected chi connectivity index (χ4v) is 2.67. The van der Waals surface area contributed by atoms with Crippen molar-refractivity contribution < 1.29 is 4.79 Å². The Morgan fingerprint density at radius 3 is 2.64 bits per heavy atom. The van der Waals surface area contributed by atoms with Crippen molar-refractivity contribution in [3.05, 3.63) is 71.4 Å². The first-order valence-corrected chi connectivity index (χ1v) is 7.09. The first-order chi connectivity index (χ1) is 10.8. The molecule has 4 heteroatoms. The topological polar surface area (TPSA) is 71.8 Å². The van der Waals surface area contributed by atoms with E-state index in [4.69, 9.17) is 5.73 Å². The lowest BCUT2D eigenvalue weighted by Crippen LogP contribution is -2.12. The summed E-state index contributed by atoms with van der Waals surface area (Å²) in [6.07, 6.45) is 2.54. The highest BCUT2D eigenvalue weighted by Gasteiger charge is 2.17.